The van der Waals surface area contributed by atoms with Crippen LogP contribution in [0.2, 0.25) is 0 Å². The molecule has 142 valence electrons. The highest BCUT2D eigenvalue weighted by atomic mass is 127. The van der Waals surface area contributed by atoms with Crippen LogP contribution in [0.4, 0.5) is 0 Å². The summed E-state index contributed by atoms with van der Waals surface area (Å²) in [6.45, 7) is 0.445. The number of nitrogens with zero attached hydrogens (tertiary/aromatic N) is 2. The monoisotopic (exact) mass is 487 g/mol. The van der Waals surface area contributed by atoms with Crippen LogP contribution in [0, 0.1) is 3.57 Å². The molecule has 3 rings (SSSR count). The fourth-order valence-electron chi connectivity index (χ4n) is 2.40. The van der Waals surface area contributed by atoms with Gasteiger partial charge in [-0.25, -0.2) is 5.43 Å². The van der Waals surface area contributed by atoms with E-state index in [1.54, 1.807) is 43.8 Å². The first kappa shape index (κ1) is 19.8. The summed E-state index contributed by atoms with van der Waals surface area (Å²) in [5.74, 6) is 0.892. The van der Waals surface area contributed by atoms with Crippen molar-refractivity contribution in [2.24, 2.45) is 5.10 Å². The summed E-state index contributed by atoms with van der Waals surface area (Å²) in [5.41, 5.74) is 4.61. The molecule has 1 N–H and O–H groups in total. The number of pyridine rings is 1. The highest BCUT2D eigenvalue weighted by Gasteiger charge is 2.12. The molecule has 0 saturated carbocycles. The van der Waals surface area contributed by atoms with Gasteiger partial charge in [0.1, 0.15) is 12.3 Å². The smallest absolute Gasteiger partial charge is 0.289 e. The van der Waals surface area contributed by atoms with Crippen molar-refractivity contribution in [3.63, 3.8) is 0 Å². The van der Waals surface area contributed by atoms with E-state index >= 15 is 0 Å². The van der Waals surface area contributed by atoms with Crippen LogP contribution in [0.15, 0.2) is 72.0 Å². The van der Waals surface area contributed by atoms with Gasteiger partial charge in [0.25, 0.3) is 5.91 Å². The van der Waals surface area contributed by atoms with Gasteiger partial charge < -0.3 is 9.47 Å². The number of carbonyl (C=O) groups excluding carboxylic acids is 1. The molecule has 0 bridgehead atoms. The van der Waals surface area contributed by atoms with Gasteiger partial charge in [-0.15, -0.1) is 0 Å². The zero-order valence-electron chi connectivity index (χ0n) is 15.1. The van der Waals surface area contributed by atoms with Crippen LogP contribution >= 0.6 is 22.6 Å². The Morgan fingerprint density at radius 2 is 1.96 bits per heavy atom. The predicted octanol–water partition coefficient (Wildman–Crippen LogP) is 4.04. The topological polar surface area (TPSA) is 72.8 Å². The molecule has 0 unspecified atom stereocenters. The molecule has 0 aliphatic rings. The average Bonchev–Trinajstić information content (AvgIpc) is 2.74. The molecule has 0 radical (unpaired) electrons. The van der Waals surface area contributed by atoms with Crippen molar-refractivity contribution in [3.8, 4) is 11.5 Å². The largest absolute Gasteiger partial charge is 0.493 e. The molecule has 2 aromatic carbocycles. The first-order valence-electron chi connectivity index (χ1n) is 8.46. The molecule has 28 heavy (non-hydrogen) atoms. The molecule has 1 aromatic heterocycles. The van der Waals surface area contributed by atoms with Crippen molar-refractivity contribution in [1.29, 1.82) is 0 Å². The maximum atomic E-state index is 12.0. The molecular formula is C21H18IN3O3. The first-order chi connectivity index (χ1) is 13.7. The minimum absolute atomic E-state index is 0.302. The minimum Gasteiger partial charge on any atom is -0.493 e. The summed E-state index contributed by atoms with van der Waals surface area (Å²) in [4.78, 5) is 15.9. The molecule has 0 aliphatic heterocycles. The molecular weight excluding hydrogens is 469 g/mol. The van der Waals surface area contributed by atoms with E-state index in [2.05, 4.69) is 38.1 Å². The van der Waals surface area contributed by atoms with E-state index in [4.69, 9.17) is 9.47 Å². The third-order valence-electron chi connectivity index (χ3n) is 3.76. The quantitative estimate of drug-likeness (QED) is 0.310. The van der Waals surface area contributed by atoms with Gasteiger partial charge >= 0.3 is 0 Å². The number of hydrogen-bond donors (Lipinski definition) is 1. The van der Waals surface area contributed by atoms with Gasteiger partial charge in [-0.2, -0.15) is 5.10 Å². The molecule has 0 saturated heterocycles. The summed E-state index contributed by atoms with van der Waals surface area (Å²) in [6.07, 6.45) is 3.10. The highest BCUT2D eigenvalue weighted by Crippen LogP contribution is 2.34. The molecule has 3 aromatic rings. The van der Waals surface area contributed by atoms with E-state index in [9.17, 15) is 4.79 Å². The number of hydrogen-bond acceptors (Lipinski definition) is 5. The Balaban J connectivity index is 1.69. The van der Waals surface area contributed by atoms with Crippen molar-refractivity contribution >= 4 is 34.7 Å². The van der Waals surface area contributed by atoms with Crippen LogP contribution in [0.1, 0.15) is 21.6 Å². The van der Waals surface area contributed by atoms with Crippen molar-refractivity contribution < 1.29 is 14.3 Å². The number of benzene rings is 2. The maximum Gasteiger partial charge on any atom is 0.289 e. The number of amides is 1. The molecule has 0 aliphatic carbocycles. The zero-order chi connectivity index (χ0) is 19.8. The summed E-state index contributed by atoms with van der Waals surface area (Å²) < 4.78 is 12.3. The summed E-state index contributed by atoms with van der Waals surface area (Å²) in [6, 6.07) is 18.7. The first-order valence-corrected chi connectivity index (χ1v) is 9.54. The van der Waals surface area contributed by atoms with Gasteiger partial charge in [0.05, 0.1) is 16.9 Å². The van der Waals surface area contributed by atoms with Crippen molar-refractivity contribution in [2.45, 2.75) is 6.61 Å². The molecule has 1 heterocycles. The van der Waals surface area contributed by atoms with E-state index in [0.29, 0.717) is 23.8 Å². The molecule has 0 spiro atoms. The average molecular weight is 487 g/mol. The summed E-state index contributed by atoms with van der Waals surface area (Å²) in [7, 11) is 1.59. The number of ether oxygens (including phenoxy) is 2. The second kappa shape index (κ2) is 9.84. The minimum atomic E-state index is -0.374. The Morgan fingerprint density at radius 1 is 1.18 bits per heavy atom. The van der Waals surface area contributed by atoms with E-state index in [-0.39, 0.29) is 5.91 Å². The van der Waals surface area contributed by atoms with Gasteiger partial charge in [-0.3, -0.25) is 9.78 Å². The Kier molecular flexibility index (Phi) is 6.96. The van der Waals surface area contributed by atoms with Gasteiger partial charge in [-0.1, -0.05) is 36.4 Å². The third-order valence-corrected chi connectivity index (χ3v) is 4.56. The van der Waals surface area contributed by atoms with Crippen molar-refractivity contribution in [3.05, 3.63) is 87.3 Å². The lowest BCUT2D eigenvalue weighted by Crippen LogP contribution is -2.18. The highest BCUT2D eigenvalue weighted by molar-refractivity contribution is 14.1. The van der Waals surface area contributed by atoms with E-state index in [1.165, 1.54) is 0 Å². The zero-order valence-corrected chi connectivity index (χ0v) is 17.3. The second-order valence-electron chi connectivity index (χ2n) is 5.72. The van der Waals surface area contributed by atoms with Crippen LogP contribution in [-0.2, 0) is 6.61 Å². The lowest BCUT2D eigenvalue weighted by Gasteiger charge is -2.13. The number of hydrazone groups is 1. The Labute approximate surface area is 176 Å². The number of nitrogens with one attached hydrogen (secondary N) is 1. The lowest BCUT2D eigenvalue weighted by atomic mass is 10.2. The van der Waals surface area contributed by atoms with Crippen LogP contribution < -0.4 is 14.9 Å². The van der Waals surface area contributed by atoms with Crippen LogP contribution in [0.3, 0.4) is 0 Å². The standard InChI is InChI=1S/C21H18IN3O3/c1-27-19-12-16(13-24-25-21(26)18-9-5-6-10-23-18)11-17(22)20(19)28-14-15-7-3-2-4-8-15/h2-13H,14H2,1H3,(H,25,26)/b24-13-. The van der Waals surface area contributed by atoms with Gasteiger partial charge in [0.2, 0.25) is 0 Å². The maximum absolute atomic E-state index is 12.0. The van der Waals surface area contributed by atoms with Crippen molar-refractivity contribution in [2.75, 3.05) is 7.11 Å². The Hall–Kier alpha value is -2.94. The van der Waals surface area contributed by atoms with E-state index in [0.717, 1.165) is 14.7 Å². The summed E-state index contributed by atoms with van der Waals surface area (Å²) >= 11 is 2.19. The number of halogens is 1. The Morgan fingerprint density at radius 3 is 2.68 bits per heavy atom. The Bertz CT molecular complexity index is 963. The van der Waals surface area contributed by atoms with Crippen LogP contribution in [0.25, 0.3) is 0 Å². The molecule has 6 nitrogen and oxygen atoms in total. The lowest BCUT2D eigenvalue weighted by molar-refractivity contribution is 0.0950. The number of methoxy groups -OCH3 is 1. The van der Waals surface area contributed by atoms with Gasteiger partial charge in [0.15, 0.2) is 11.5 Å². The SMILES string of the molecule is COc1cc(/C=N\NC(=O)c2ccccn2)cc(I)c1OCc1ccccc1. The fraction of sp³-hybridized carbons (Fsp3) is 0.0952. The fourth-order valence-corrected chi connectivity index (χ4v) is 3.19. The number of carbonyl (C=O) groups is 1. The molecule has 0 fully saturated rings. The molecule has 7 heteroatoms. The van der Waals surface area contributed by atoms with E-state index in [1.807, 2.05) is 36.4 Å². The van der Waals surface area contributed by atoms with Crippen molar-refractivity contribution in [1.82, 2.24) is 10.4 Å². The van der Waals surface area contributed by atoms with Crippen LogP contribution in [0.5, 0.6) is 11.5 Å². The second-order valence-corrected chi connectivity index (χ2v) is 6.88. The number of aromatic nitrogens is 1. The van der Waals surface area contributed by atoms with Gasteiger partial charge in [-0.05, 0) is 58.0 Å². The van der Waals surface area contributed by atoms with E-state index < -0.39 is 0 Å². The third kappa shape index (κ3) is 5.29. The molecule has 1 amide bonds. The normalized spacial score (nSPS) is 10.6. The van der Waals surface area contributed by atoms with Crippen LogP contribution in [-0.4, -0.2) is 24.2 Å². The number of rotatable bonds is 7. The molecule has 0 atom stereocenters. The van der Waals surface area contributed by atoms with Gasteiger partial charge in [0, 0.05) is 6.20 Å². The summed E-state index contributed by atoms with van der Waals surface area (Å²) in [5, 5.41) is 3.99. The predicted molar refractivity (Wildman–Crippen MR) is 116 cm³/mol.